The van der Waals surface area contributed by atoms with Crippen LogP contribution in [-0.4, -0.2) is 25.7 Å². The summed E-state index contributed by atoms with van der Waals surface area (Å²) in [4.78, 5) is 10.8. The van der Waals surface area contributed by atoms with Crippen LogP contribution < -0.4 is 20.5 Å². The van der Waals surface area contributed by atoms with Gasteiger partial charge in [-0.3, -0.25) is 10.1 Å². The lowest BCUT2D eigenvalue weighted by molar-refractivity contribution is -0.119. The van der Waals surface area contributed by atoms with Crippen LogP contribution in [0.5, 0.6) is 11.5 Å². The van der Waals surface area contributed by atoms with E-state index in [4.69, 9.17) is 26.8 Å². The Morgan fingerprint density at radius 1 is 1.52 bits per heavy atom. The summed E-state index contributed by atoms with van der Waals surface area (Å²) in [5.41, 5.74) is 5.69. The number of primary amides is 1. The highest BCUT2D eigenvalue weighted by Gasteiger charge is 2.18. The maximum atomic E-state index is 10.8. The average Bonchev–Trinajstić information content (AvgIpc) is 2.42. The lowest BCUT2D eigenvalue weighted by atomic mass is 10.1. The first-order chi connectivity index (χ1) is 9.88. The lowest BCUT2D eigenvalue weighted by Gasteiger charge is -2.18. The molecule has 1 aromatic rings. The van der Waals surface area contributed by atoms with Crippen molar-refractivity contribution >= 4 is 17.5 Å². The third-order valence-corrected chi connectivity index (χ3v) is 2.85. The fourth-order valence-electron chi connectivity index (χ4n) is 1.73. The minimum Gasteiger partial charge on any atom is -0.493 e. The van der Waals surface area contributed by atoms with E-state index < -0.39 is 11.9 Å². The number of nitriles is 1. The van der Waals surface area contributed by atoms with E-state index in [0.29, 0.717) is 11.3 Å². The molecule has 1 atom stereocenters. The minimum absolute atomic E-state index is 0.130. The molecule has 6 nitrogen and oxygen atoms in total. The van der Waals surface area contributed by atoms with Gasteiger partial charge in [0.15, 0.2) is 18.1 Å². The number of methoxy groups -OCH3 is 1. The van der Waals surface area contributed by atoms with Crippen LogP contribution in [0, 0.1) is 11.3 Å². The van der Waals surface area contributed by atoms with E-state index >= 15 is 0 Å². The summed E-state index contributed by atoms with van der Waals surface area (Å²) < 4.78 is 10.4. The number of amides is 1. The molecule has 0 radical (unpaired) electrons. The molecule has 0 bridgehead atoms. The maximum Gasteiger partial charge on any atom is 0.255 e. The average molecular weight is 312 g/mol. The van der Waals surface area contributed by atoms with Crippen LogP contribution in [0.1, 0.15) is 25.5 Å². The van der Waals surface area contributed by atoms with Gasteiger partial charge in [-0.05, 0) is 31.5 Å². The quantitative estimate of drug-likeness (QED) is 0.800. The maximum absolute atomic E-state index is 10.8. The molecule has 0 aliphatic heterocycles. The number of carbonyl (C=O) groups is 1. The molecule has 0 saturated heterocycles. The van der Waals surface area contributed by atoms with Crippen molar-refractivity contribution in [1.29, 1.82) is 5.26 Å². The number of carbonyl (C=O) groups excluding carboxylic acids is 1. The van der Waals surface area contributed by atoms with Gasteiger partial charge in [-0.15, -0.1) is 0 Å². The topological polar surface area (TPSA) is 97.4 Å². The Morgan fingerprint density at radius 3 is 2.67 bits per heavy atom. The first-order valence-electron chi connectivity index (χ1n) is 6.33. The van der Waals surface area contributed by atoms with Gasteiger partial charge in [0.05, 0.1) is 18.2 Å². The van der Waals surface area contributed by atoms with Gasteiger partial charge < -0.3 is 15.2 Å². The van der Waals surface area contributed by atoms with Crippen LogP contribution in [0.15, 0.2) is 12.1 Å². The molecule has 1 amide bonds. The Hall–Kier alpha value is -1.97. The third-order valence-electron chi connectivity index (χ3n) is 2.57. The Morgan fingerprint density at radius 2 is 2.19 bits per heavy atom. The number of nitrogens with zero attached hydrogens (tertiary/aromatic N) is 1. The summed E-state index contributed by atoms with van der Waals surface area (Å²) in [5.74, 6) is -0.0546. The molecule has 21 heavy (non-hydrogen) atoms. The highest BCUT2D eigenvalue weighted by molar-refractivity contribution is 6.32. The predicted octanol–water partition coefficient (Wildman–Crippen LogP) is 1.78. The van der Waals surface area contributed by atoms with E-state index in [0.717, 1.165) is 0 Å². The lowest BCUT2D eigenvalue weighted by Crippen LogP contribution is -2.27. The normalized spacial score (nSPS) is 11.8. The van der Waals surface area contributed by atoms with Gasteiger partial charge >= 0.3 is 0 Å². The second-order valence-electron chi connectivity index (χ2n) is 4.67. The number of hydrogen-bond acceptors (Lipinski definition) is 5. The Balaban J connectivity index is 3.13. The second-order valence-corrected chi connectivity index (χ2v) is 5.08. The standard InChI is InChI=1S/C14H18ClN3O3/c1-8(2)18-11(6-16)9-4-10(15)14(12(5-9)20-3)21-7-13(17)19/h4-5,8,11,18H,7H2,1-3H3,(H2,17,19). The van der Waals surface area contributed by atoms with Gasteiger partial charge in [0.1, 0.15) is 6.04 Å². The monoisotopic (exact) mass is 311 g/mol. The Kier molecular flexibility index (Phi) is 6.28. The molecule has 0 heterocycles. The van der Waals surface area contributed by atoms with E-state index in [1.807, 2.05) is 13.8 Å². The van der Waals surface area contributed by atoms with Gasteiger partial charge in [0.2, 0.25) is 0 Å². The van der Waals surface area contributed by atoms with E-state index in [1.165, 1.54) is 7.11 Å². The molecule has 0 saturated carbocycles. The highest BCUT2D eigenvalue weighted by atomic mass is 35.5. The third kappa shape index (κ3) is 4.81. The van der Waals surface area contributed by atoms with Crippen LogP contribution in [-0.2, 0) is 4.79 Å². The van der Waals surface area contributed by atoms with Crippen LogP contribution in [0.3, 0.4) is 0 Å². The van der Waals surface area contributed by atoms with Crippen LogP contribution in [0.25, 0.3) is 0 Å². The number of rotatable bonds is 7. The van der Waals surface area contributed by atoms with E-state index in [1.54, 1.807) is 12.1 Å². The summed E-state index contributed by atoms with van der Waals surface area (Å²) in [6.45, 7) is 3.57. The van der Waals surface area contributed by atoms with Crippen molar-refractivity contribution in [3.8, 4) is 17.6 Å². The minimum atomic E-state index is -0.617. The van der Waals surface area contributed by atoms with Crippen LogP contribution in [0.4, 0.5) is 0 Å². The van der Waals surface area contributed by atoms with Crippen molar-refractivity contribution in [2.45, 2.75) is 25.9 Å². The second kappa shape index (κ2) is 7.72. The Labute approximate surface area is 128 Å². The van der Waals surface area contributed by atoms with Gasteiger partial charge in [0, 0.05) is 6.04 Å². The number of nitrogens with two attached hydrogens (primary N) is 1. The molecular weight excluding hydrogens is 294 g/mol. The van der Waals surface area contributed by atoms with Crippen molar-refractivity contribution in [2.24, 2.45) is 5.73 Å². The molecule has 0 aromatic heterocycles. The Bertz CT molecular complexity index is 555. The van der Waals surface area contributed by atoms with E-state index in [9.17, 15) is 10.1 Å². The molecular formula is C14H18ClN3O3. The number of benzene rings is 1. The van der Waals surface area contributed by atoms with Gasteiger partial charge in [-0.2, -0.15) is 5.26 Å². The summed E-state index contributed by atoms with van der Waals surface area (Å²) >= 11 is 6.14. The number of hydrogen-bond donors (Lipinski definition) is 2. The number of halogens is 1. The van der Waals surface area contributed by atoms with Gasteiger partial charge in [-0.1, -0.05) is 11.6 Å². The molecule has 0 aliphatic rings. The number of nitrogens with one attached hydrogen (secondary N) is 1. The summed E-state index contributed by atoms with van der Waals surface area (Å²) in [6, 6.07) is 5.01. The zero-order valence-corrected chi connectivity index (χ0v) is 12.9. The van der Waals surface area contributed by atoms with Crippen LogP contribution in [0.2, 0.25) is 5.02 Å². The fraction of sp³-hybridized carbons (Fsp3) is 0.429. The van der Waals surface area contributed by atoms with Crippen molar-refractivity contribution in [1.82, 2.24) is 5.32 Å². The van der Waals surface area contributed by atoms with Crippen molar-refractivity contribution in [3.05, 3.63) is 22.7 Å². The van der Waals surface area contributed by atoms with E-state index in [2.05, 4.69) is 11.4 Å². The number of ether oxygens (including phenoxy) is 2. The predicted molar refractivity (Wildman–Crippen MR) is 79.3 cm³/mol. The summed E-state index contributed by atoms with van der Waals surface area (Å²) in [6.07, 6.45) is 0. The van der Waals surface area contributed by atoms with Crippen molar-refractivity contribution in [2.75, 3.05) is 13.7 Å². The SMILES string of the molecule is COc1cc(C(C#N)NC(C)C)cc(Cl)c1OCC(N)=O. The van der Waals surface area contributed by atoms with Crippen LogP contribution >= 0.6 is 11.6 Å². The van der Waals surface area contributed by atoms with Crippen molar-refractivity contribution < 1.29 is 14.3 Å². The molecule has 1 unspecified atom stereocenters. The molecule has 114 valence electrons. The zero-order valence-electron chi connectivity index (χ0n) is 12.1. The molecule has 3 N–H and O–H groups in total. The molecule has 0 spiro atoms. The van der Waals surface area contributed by atoms with Gasteiger partial charge in [0.25, 0.3) is 5.91 Å². The molecule has 7 heteroatoms. The summed E-state index contributed by atoms with van der Waals surface area (Å²) in [7, 11) is 1.45. The molecule has 1 aromatic carbocycles. The largest absolute Gasteiger partial charge is 0.493 e. The molecule has 0 fully saturated rings. The van der Waals surface area contributed by atoms with Gasteiger partial charge in [-0.25, -0.2) is 0 Å². The summed E-state index contributed by atoms with van der Waals surface area (Å²) in [5, 5.41) is 12.6. The zero-order chi connectivity index (χ0) is 16.0. The fourth-order valence-corrected chi connectivity index (χ4v) is 2.00. The first-order valence-corrected chi connectivity index (χ1v) is 6.71. The first kappa shape index (κ1) is 17.1. The van der Waals surface area contributed by atoms with E-state index in [-0.39, 0.29) is 23.4 Å². The molecule has 0 aliphatic carbocycles. The molecule has 1 rings (SSSR count). The highest BCUT2D eigenvalue weighted by Crippen LogP contribution is 2.37. The smallest absolute Gasteiger partial charge is 0.255 e. The van der Waals surface area contributed by atoms with Crippen molar-refractivity contribution in [3.63, 3.8) is 0 Å².